The van der Waals surface area contributed by atoms with Crippen molar-refractivity contribution in [1.29, 1.82) is 0 Å². The molecule has 2 heterocycles. The quantitative estimate of drug-likeness (QED) is 0.696. The molecule has 0 bridgehead atoms. The van der Waals surface area contributed by atoms with Gasteiger partial charge in [0.15, 0.2) is 0 Å². The molecule has 2 fully saturated rings. The van der Waals surface area contributed by atoms with Gasteiger partial charge in [0.1, 0.15) is 0 Å². The van der Waals surface area contributed by atoms with Crippen LogP contribution in [0.1, 0.15) is 31.2 Å². The van der Waals surface area contributed by atoms with Crippen LogP contribution in [0.3, 0.4) is 0 Å². The summed E-state index contributed by atoms with van der Waals surface area (Å²) in [5, 5.41) is 6.59. The third kappa shape index (κ3) is 6.89. The largest absolute Gasteiger partial charge is 0.384 e. The number of hydrogen-bond donors (Lipinski definition) is 2. The number of methoxy groups -OCH3 is 1. The third-order valence-electron chi connectivity index (χ3n) is 5.97. The fourth-order valence-corrected chi connectivity index (χ4v) is 4.23. The molecule has 0 atom stereocenters. The molecule has 0 aromatic heterocycles. The maximum Gasteiger partial charge on any atom is 0.228 e. The summed E-state index contributed by atoms with van der Waals surface area (Å²) in [6.07, 6.45) is 4.04. The maximum absolute atomic E-state index is 12.8. The van der Waals surface area contributed by atoms with Gasteiger partial charge in [-0.25, -0.2) is 0 Å². The van der Waals surface area contributed by atoms with Crippen LogP contribution in [0.2, 0.25) is 0 Å². The van der Waals surface area contributed by atoms with Crippen molar-refractivity contribution < 1.29 is 9.53 Å². The number of benzene rings is 1. The summed E-state index contributed by atoms with van der Waals surface area (Å²) < 4.78 is 5.37. The SMILES string of the molecule is COCC1(C(=O)NCC2CCN(Cc3ccccc3)CC2)CCNCC1.Cl.Cl. The number of nitrogens with zero attached hydrogens (tertiary/aromatic N) is 1. The van der Waals surface area contributed by atoms with Gasteiger partial charge >= 0.3 is 0 Å². The van der Waals surface area contributed by atoms with E-state index in [1.165, 1.54) is 5.56 Å². The normalized spacial score (nSPS) is 19.9. The lowest BCUT2D eigenvalue weighted by molar-refractivity contribution is -0.136. The molecule has 0 radical (unpaired) electrons. The van der Waals surface area contributed by atoms with Crippen LogP contribution in [-0.2, 0) is 16.1 Å². The molecule has 1 aromatic carbocycles. The molecule has 5 nitrogen and oxygen atoms in total. The fourth-order valence-electron chi connectivity index (χ4n) is 4.23. The van der Waals surface area contributed by atoms with Crippen LogP contribution < -0.4 is 10.6 Å². The van der Waals surface area contributed by atoms with E-state index in [1.807, 2.05) is 0 Å². The van der Waals surface area contributed by atoms with Crippen LogP contribution in [0.15, 0.2) is 30.3 Å². The van der Waals surface area contributed by atoms with Crippen molar-refractivity contribution in [3.05, 3.63) is 35.9 Å². The molecule has 2 aliphatic rings. The zero-order chi connectivity index (χ0) is 18.2. The molecule has 1 aromatic rings. The molecule has 0 saturated carbocycles. The molecule has 2 N–H and O–H groups in total. The predicted molar refractivity (Wildman–Crippen MR) is 118 cm³/mol. The minimum Gasteiger partial charge on any atom is -0.384 e. The lowest BCUT2D eigenvalue weighted by Crippen LogP contribution is -2.51. The molecule has 28 heavy (non-hydrogen) atoms. The Morgan fingerprint density at radius 2 is 1.82 bits per heavy atom. The van der Waals surface area contributed by atoms with Gasteiger partial charge in [-0.1, -0.05) is 30.3 Å². The van der Waals surface area contributed by atoms with E-state index in [-0.39, 0.29) is 36.1 Å². The number of nitrogens with one attached hydrogen (secondary N) is 2. The van der Waals surface area contributed by atoms with Crippen molar-refractivity contribution in [1.82, 2.24) is 15.5 Å². The first-order valence-corrected chi connectivity index (χ1v) is 9.96. The highest BCUT2D eigenvalue weighted by molar-refractivity contribution is 5.85. The van der Waals surface area contributed by atoms with E-state index >= 15 is 0 Å². The maximum atomic E-state index is 12.8. The monoisotopic (exact) mass is 431 g/mol. The molecule has 160 valence electrons. The summed E-state index contributed by atoms with van der Waals surface area (Å²) in [6.45, 7) is 6.38. The van der Waals surface area contributed by atoms with Crippen LogP contribution >= 0.6 is 24.8 Å². The Kier molecular flexibility index (Phi) is 11.4. The Morgan fingerprint density at radius 1 is 1.18 bits per heavy atom. The van der Waals surface area contributed by atoms with Crippen molar-refractivity contribution in [3.63, 3.8) is 0 Å². The number of halogens is 2. The van der Waals surface area contributed by atoms with E-state index in [0.29, 0.717) is 12.5 Å². The van der Waals surface area contributed by atoms with Gasteiger partial charge in [0.25, 0.3) is 0 Å². The topological polar surface area (TPSA) is 53.6 Å². The van der Waals surface area contributed by atoms with Crippen LogP contribution in [-0.4, -0.2) is 57.2 Å². The lowest BCUT2D eigenvalue weighted by Gasteiger charge is -2.37. The second kappa shape index (κ2) is 12.7. The number of piperidine rings is 2. The van der Waals surface area contributed by atoms with Gasteiger partial charge < -0.3 is 15.4 Å². The van der Waals surface area contributed by atoms with E-state index in [4.69, 9.17) is 4.74 Å². The number of rotatable bonds is 7. The van der Waals surface area contributed by atoms with Crippen LogP contribution in [0, 0.1) is 11.3 Å². The van der Waals surface area contributed by atoms with Crippen molar-refractivity contribution >= 4 is 30.7 Å². The number of ether oxygens (including phenoxy) is 1. The van der Waals surface area contributed by atoms with E-state index < -0.39 is 0 Å². The van der Waals surface area contributed by atoms with Crippen LogP contribution in [0.25, 0.3) is 0 Å². The molecule has 7 heteroatoms. The number of amides is 1. The van der Waals surface area contributed by atoms with Crippen LogP contribution in [0.4, 0.5) is 0 Å². The van der Waals surface area contributed by atoms with Crippen molar-refractivity contribution in [3.8, 4) is 0 Å². The van der Waals surface area contributed by atoms with Gasteiger partial charge in [0, 0.05) is 20.2 Å². The molecule has 1 amide bonds. The molecular formula is C21H35Cl2N3O2. The second-order valence-corrected chi connectivity index (χ2v) is 7.88. The molecule has 0 aliphatic carbocycles. The van der Waals surface area contributed by atoms with E-state index in [0.717, 1.165) is 65.0 Å². The van der Waals surface area contributed by atoms with Crippen molar-refractivity contribution in [2.75, 3.05) is 46.4 Å². The zero-order valence-electron chi connectivity index (χ0n) is 16.8. The summed E-state index contributed by atoms with van der Waals surface area (Å²) in [7, 11) is 1.69. The second-order valence-electron chi connectivity index (χ2n) is 7.88. The summed E-state index contributed by atoms with van der Waals surface area (Å²) in [5.41, 5.74) is 1.04. The molecule has 0 unspecified atom stereocenters. The number of likely N-dealkylation sites (tertiary alicyclic amines) is 1. The highest BCUT2D eigenvalue weighted by Crippen LogP contribution is 2.29. The molecule has 2 aliphatic heterocycles. The van der Waals surface area contributed by atoms with E-state index in [9.17, 15) is 4.79 Å². The van der Waals surface area contributed by atoms with Crippen molar-refractivity contribution in [2.24, 2.45) is 11.3 Å². The molecule has 2 saturated heterocycles. The van der Waals surface area contributed by atoms with Gasteiger partial charge in [-0.2, -0.15) is 0 Å². The van der Waals surface area contributed by atoms with Gasteiger partial charge in [-0.05, 0) is 63.3 Å². The lowest BCUT2D eigenvalue weighted by atomic mass is 9.78. The number of carbonyl (C=O) groups is 1. The third-order valence-corrected chi connectivity index (χ3v) is 5.97. The van der Waals surface area contributed by atoms with Gasteiger partial charge in [-0.15, -0.1) is 24.8 Å². The highest BCUT2D eigenvalue weighted by atomic mass is 35.5. The summed E-state index contributed by atoms with van der Waals surface area (Å²) in [5.74, 6) is 0.778. The molecular weight excluding hydrogens is 397 g/mol. The first kappa shape index (κ1) is 25.2. The molecule has 3 rings (SSSR count). The first-order chi connectivity index (χ1) is 12.7. The smallest absolute Gasteiger partial charge is 0.228 e. The first-order valence-electron chi connectivity index (χ1n) is 9.96. The Labute approximate surface area is 181 Å². The van der Waals surface area contributed by atoms with Crippen LogP contribution in [0.5, 0.6) is 0 Å². The average Bonchev–Trinajstić information content (AvgIpc) is 2.69. The summed E-state index contributed by atoms with van der Waals surface area (Å²) in [4.78, 5) is 15.3. The minimum atomic E-state index is -0.339. The van der Waals surface area contributed by atoms with Gasteiger partial charge in [0.2, 0.25) is 5.91 Å². The van der Waals surface area contributed by atoms with Crippen molar-refractivity contribution in [2.45, 2.75) is 32.2 Å². The predicted octanol–water partition coefficient (Wildman–Crippen LogP) is 2.87. The number of hydrogen-bond acceptors (Lipinski definition) is 4. The summed E-state index contributed by atoms with van der Waals surface area (Å²) in [6, 6.07) is 10.7. The number of carbonyl (C=O) groups excluding carboxylic acids is 1. The Balaban J connectivity index is 0.00000196. The van der Waals surface area contributed by atoms with E-state index in [2.05, 4.69) is 45.9 Å². The molecule has 0 spiro atoms. The zero-order valence-corrected chi connectivity index (χ0v) is 18.5. The van der Waals surface area contributed by atoms with E-state index in [1.54, 1.807) is 7.11 Å². The highest BCUT2D eigenvalue weighted by Gasteiger charge is 2.39. The average molecular weight is 432 g/mol. The Morgan fingerprint density at radius 3 is 2.43 bits per heavy atom. The minimum absolute atomic E-state index is 0. The van der Waals surface area contributed by atoms with Gasteiger partial charge in [0.05, 0.1) is 12.0 Å². The summed E-state index contributed by atoms with van der Waals surface area (Å²) >= 11 is 0. The van der Waals surface area contributed by atoms with Gasteiger partial charge in [-0.3, -0.25) is 9.69 Å². The fraction of sp³-hybridized carbons (Fsp3) is 0.667. The Bertz CT molecular complexity index is 555. The Hall–Kier alpha value is -0.850. The standard InChI is InChI=1S/C21H33N3O2.2ClH/c1-26-17-21(9-11-22-12-10-21)20(25)23-15-18-7-13-24(14-8-18)16-19-5-3-2-4-6-19;;/h2-6,18,22H,7-17H2,1H3,(H,23,25);2*1H.